The van der Waals surface area contributed by atoms with Crippen LogP contribution in [0.2, 0.25) is 0 Å². The molecule has 2 aliphatic rings. The highest BCUT2D eigenvalue weighted by molar-refractivity contribution is 7.17. The molecule has 4 aromatic rings. The van der Waals surface area contributed by atoms with E-state index >= 15 is 0 Å². The fourth-order valence-corrected chi connectivity index (χ4v) is 6.21. The van der Waals surface area contributed by atoms with Gasteiger partial charge >= 0.3 is 0 Å². The van der Waals surface area contributed by atoms with Gasteiger partial charge in [-0.1, -0.05) is 48.5 Å². The van der Waals surface area contributed by atoms with Gasteiger partial charge in [-0.05, 0) is 61.3 Å². The van der Waals surface area contributed by atoms with Crippen LogP contribution in [0.4, 0.5) is 0 Å². The summed E-state index contributed by atoms with van der Waals surface area (Å²) >= 11 is 1.50. The Balaban J connectivity index is 1.32. The highest BCUT2D eigenvalue weighted by Gasteiger charge is 2.35. The number of aromatic nitrogens is 1. The van der Waals surface area contributed by atoms with Crippen molar-refractivity contribution in [3.63, 3.8) is 0 Å². The Bertz CT molecular complexity index is 1440. The molecule has 1 amide bonds. The molecule has 1 saturated heterocycles. The van der Waals surface area contributed by atoms with Gasteiger partial charge in [0.25, 0.3) is 5.91 Å². The number of amides is 1. The summed E-state index contributed by atoms with van der Waals surface area (Å²) in [6.07, 6.45) is 6.50. The van der Waals surface area contributed by atoms with Crippen LogP contribution < -0.4 is 0 Å². The minimum absolute atomic E-state index is 0.163. The smallest absolute Gasteiger partial charge is 0.284 e. The number of phenolic OH excluding ortho intramolecular Hbond substituents is 1. The molecule has 0 radical (unpaired) electrons. The number of benzene rings is 2. The summed E-state index contributed by atoms with van der Waals surface area (Å²) in [6, 6.07) is 23.0. The number of hydrogen-bond donors (Lipinski definition) is 1. The summed E-state index contributed by atoms with van der Waals surface area (Å²) in [6.45, 7) is 3.21. The zero-order valence-electron chi connectivity index (χ0n) is 20.5. The lowest BCUT2D eigenvalue weighted by atomic mass is 9.98. The number of rotatable bonds is 6. The van der Waals surface area contributed by atoms with Crippen molar-refractivity contribution in [1.29, 1.82) is 0 Å². The molecule has 186 valence electrons. The number of pyridine rings is 1. The first kappa shape index (κ1) is 23.6. The standard InChI is InChI=1S/C30H28N4O2S/c35-27-12-4-3-11-24(27)26-18-25(21-9-7-15-31-19-21)32-34(26)30(36)29-14-13-28(37-29)23-10-2-1-8-22(23)20-33-16-5-6-17-33/h1-4,7-15,19,26,35H,5-6,16-18,20H2. The van der Waals surface area contributed by atoms with Crippen LogP contribution in [-0.4, -0.2) is 44.7 Å². The number of aromatic hydroxyl groups is 1. The van der Waals surface area contributed by atoms with Crippen LogP contribution in [0.15, 0.2) is 90.3 Å². The van der Waals surface area contributed by atoms with Gasteiger partial charge in [0, 0.05) is 41.4 Å². The molecule has 7 heteroatoms. The van der Waals surface area contributed by atoms with Gasteiger partial charge in [-0.25, -0.2) is 5.01 Å². The van der Waals surface area contributed by atoms with E-state index in [0.717, 1.165) is 35.8 Å². The largest absolute Gasteiger partial charge is 0.508 e. The van der Waals surface area contributed by atoms with E-state index in [1.807, 2.05) is 36.4 Å². The molecule has 6 nitrogen and oxygen atoms in total. The second-order valence-corrected chi connectivity index (χ2v) is 10.6. The minimum Gasteiger partial charge on any atom is -0.508 e. The van der Waals surface area contributed by atoms with E-state index < -0.39 is 6.04 Å². The normalized spacial score (nSPS) is 17.8. The predicted molar refractivity (Wildman–Crippen MR) is 147 cm³/mol. The van der Waals surface area contributed by atoms with Gasteiger partial charge in [-0.3, -0.25) is 14.7 Å². The van der Waals surface area contributed by atoms with E-state index in [0.29, 0.717) is 16.9 Å². The van der Waals surface area contributed by atoms with E-state index in [-0.39, 0.29) is 11.7 Å². The molecule has 0 bridgehead atoms. The van der Waals surface area contributed by atoms with Crippen molar-refractivity contribution in [3.05, 3.63) is 107 Å². The summed E-state index contributed by atoms with van der Waals surface area (Å²) in [5.41, 5.74) is 4.81. The minimum atomic E-state index is -0.392. The van der Waals surface area contributed by atoms with Crippen molar-refractivity contribution in [1.82, 2.24) is 14.9 Å². The Kier molecular flexibility index (Phi) is 6.55. The number of nitrogens with zero attached hydrogens (tertiary/aromatic N) is 4. The van der Waals surface area contributed by atoms with Crippen LogP contribution in [-0.2, 0) is 6.54 Å². The maximum absolute atomic E-state index is 13.9. The molecule has 4 heterocycles. The molecule has 0 spiro atoms. The van der Waals surface area contributed by atoms with Gasteiger partial charge in [0.2, 0.25) is 0 Å². The third-order valence-corrected chi connectivity index (χ3v) is 8.21. The molecule has 1 atom stereocenters. The molecule has 6 rings (SSSR count). The Morgan fingerprint density at radius 3 is 2.59 bits per heavy atom. The molecule has 1 fully saturated rings. The van der Waals surface area contributed by atoms with E-state index in [4.69, 9.17) is 5.10 Å². The van der Waals surface area contributed by atoms with Gasteiger partial charge in [-0.2, -0.15) is 5.10 Å². The van der Waals surface area contributed by atoms with E-state index in [2.05, 4.69) is 34.1 Å². The molecular formula is C30H28N4O2S. The number of para-hydroxylation sites is 1. The summed E-state index contributed by atoms with van der Waals surface area (Å²) < 4.78 is 0. The molecular weight excluding hydrogens is 480 g/mol. The van der Waals surface area contributed by atoms with Crippen LogP contribution >= 0.6 is 11.3 Å². The van der Waals surface area contributed by atoms with Crippen molar-refractivity contribution in [2.75, 3.05) is 13.1 Å². The summed E-state index contributed by atoms with van der Waals surface area (Å²) in [5, 5.41) is 16.9. The second kappa shape index (κ2) is 10.3. The molecule has 1 N–H and O–H groups in total. The first-order valence-electron chi connectivity index (χ1n) is 12.7. The topological polar surface area (TPSA) is 69.0 Å². The van der Waals surface area contributed by atoms with Gasteiger partial charge in [0.1, 0.15) is 5.75 Å². The third-order valence-electron chi connectivity index (χ3n) is 7.10. The summed E-state index contributed by atoms with van der Waals surface area (Å²) in [7, 11) is 0. The first-order valence-corrected chi connectivity index (χ1v) is 13.5. The maximum Gasteiger partial charge on any atom is 0.284 e. The zero-order chi connectivity index (χ0) is 25.2. The fraction of sp³-hybridized carbons (Fsp3) is 0.233. The molecule has 2 aromatic carbocycles. The van der Waals surface area contributed by atoms with Crippen LogP contribution in [0.3, 0.4) is 0 Å². The number of thiophene rings is 1. The average Bonchev–Trinajstić information content (AvgIpc) is 3.71. The number of hydrazone groups is 1. The van der Waals surface area contributed by atoms with Crippen LogP contribution in [0, 0.1) is 0 Å². The lowest BCUT2D eigenvalue weighted by Crippen LogP contribution is -2.26. The van der Waals surface area contributed by atoms with Gasteiger partial charge in [-0.15, -0.1) is 11.3 Å². The highest BCUT2D eigenvalue weighted by Crippen LogP contribution is 2.39. The molecule has 2 aromatic heterocycles. The van der Waals surface area contributed by atoms with Gasteiger partial charge in [0.05, 0.1) is 16.6 Å². The maximum atomic E-state index is 13.9. The van der Waals surface area contributed by atoms with Crippen LogP contribution in [0.5, 0.6) is 5.75 Å². The quantitative estimate of drug-likeness (QED) is 0.342. The second-order valence-electron chi connectivity index (χ2n) is 9.52. The fourth-order valence-electron chi connectivity index (χ4n) is 5.21. The summed E-state index contributed by atoms with van der Waals surface area (Å²) in [4.78, 5) is 22.3. The first-order chi connectivity index (χ1) is 18.2. The number of carbonyl (C=O) groups is 1. The number of likely N-dealkylation sites (tertiary alicyclic amines) is 1. The van der Waals surface area contributed by atoms with Crippen molar-refractivity contribution in [2.24, 2.45) is 5.10 Å². The van der Waals surface area contributed by atoms with Crippen molar-refractivity contribution < 1.29 is 9.90 Å². The lowest BCUT2D eigenvalue weighted by Gasteiger charge is -2.22. The van der Waals surface area contributed by atoms with E-state index in [1.165, 1.54) is 40.3 Å². The molecule has 2 aliphatic heterocycles. The average molecular weight is 509 g/mol. The molecule has 1 unspecified atom stereocenters. The summed E-state index contributed by atoms with van der Waals surface area (Å²) in [5.74, 6) is -0.00365. The third kappa shape index (κ3) is 4.80. The molecule has 0 saturated carbocycles. The van der Waals surface area contributed by atoms with Crippen LogP contribution in [0.25, 0.3) is 10.4 Å². The molecule has 37 heavy (non-hydrogen) atoms. The lowest BCUT2D eigenvalue weighted by molar-refractivity contribution is 0.0714. The monoisotopic (exact) mass is 508 g/mol. The van der Waals surface area contributed by atoms with Crippen molar-refractivity contribution in [3.8, 4) is 16.2 Å². The van der Waals surface area contributed by atoms with Gasteiger partial charge in [0.15, 0.2) is 0 Å². The van der Waals surface area contributed by atoms with E-state index in [9.17, 15) is 9.90 Å². The number of phenols is 1. The molecule has 0 aliphatic carbocycles. The van der Waals surface area contributed by atoms with Crippen molar-refractivity contribution in [2.45, 2.75) is 31.8 Å². The number of carbonyl (C=O) groups excluding carboxylic acids is 1. The Morgan fingerprint density at radius 1 is 0.973 bits per heavy atom. The van der Waals surface area contributed by atoms with Gasteiger partial charge < -0.3 is 5.11 Å². The zero-order valence-corrected chi connectivity index (χ0v) is 21.3. The van der Waals surface area contributed by atoms with E-state index in [1.54, 1.807) is 24.5 Å². The Labute approximate surface area is 220 Å². The highest BCUT2D eigenvalue weighted by atomic mass is 32.1. The predicted octanol–water partition coefficient (Wildman–Crippen LogP) is 6.10. The number of hydrogen-bond acceptors (Lipinski definition) is 6. The Hall–Kier alpha value is -3.81. The van der Waals surface area contributed by atoms with Crippen molar-refractivity contribution >= 4 is 23.0 Å². The van der Waals surface area contributed by atoms with Crippen LogP contribution in [0.1, 0.15) is 51.7 Å². The SMILES string of the molecule is O=C(c1ccc(-c2ccccc2CN2CCCC2)s1)N1N=C(c2cccnc2)CC1c1ccccc1O. The Morgan fingerprint density at radius 2 is 1.78 bits per heavy atom.